The van der Waals surface area contributed by atoms with E-state index in [-0.39, 0.29) is 0 Å². The van der Waals surface area contributed by atoms with Crippen molar-refractivity contribution in [3.63, 3.8) is 0 Å². The third kappa shape index (κ3) is 1.69. The van der Waals surface area contributed by atoms with Gasteiger partial charge in [0.05, 0.1) is 11.2 Å². The number of halogens is 1. The molecule has 5 heteroatoms. The second-order valence-corrected chi connectivity index (χ2v) is 4.91. The Balaban J connectivity index is 2.34. The van der Waals surface area contributed by atoms with Crippen LogP contribution >= 0.6 is 11.6 Å². The maximum Gasteiger partial charge on any atom is 0.131 e. The van der Waals surface area contributed by atoms with Gasteiger partial charge in [-0.2, -0.15) is 5.10 Å². The SMILES string of the molecule is CC(C)n1cc(-c2cc[nH]n2)c2cnc(Cl)cc21. The molecule has 0 aliphatic heterocycles. The van der Waals surface area contributed by atoms with E-state index in [0.29, 0.717) is 11.2 Å². The fraction of sp³-hybridized carbons (Fsp3) is 0.231. The average molecular weight is 261 g/mol. The maximum atomic E-state index is 5.98. The predicted molar refractivity (Wildman–Crippen MR) is 72.7 cm³/mol. The average Bonchev–Trinajstić information content (AvgIpc) is 2.93. The molecular formula is C13H13ClN4. The normalized spacial score (nSPS) is 11.6. The van der Waals surface area contributed by atoms with E-state index in [4.69, 9.17) is 11.6 Å². The molecule has 0 atom stereocenters. The van der Waals surface area contributed by atoms with Crippen LogP contribution in [0.4, 0.5) is 0 Å². The second-order valence-electron chi connectivity index (χ2n) is 4.53. The lowest BCUT2D eigenvalue weighted by atomic mass is 10.2. The lowest BCUT2D eigenvalue weighted by Crippen LogP contribution is -1.97. The van der Waals surface area contributed by atoms with Gasteiger partial charge in [0.2, 0.25) is 0 Å². The van der Waals surface area contributed by atoms with Gasteiger partial charge in [-0.05, 0) is 26.0 Å². The van der Waals surface area contributed by atoms with Gasteiger partial charge in [-0.1, -0.05) is 11.6 Å². The maximum absolute atomic E-state index is 5.98. The molecule has 0 spiro atoms. The van der Waals surface area contributed by atoms with Gasteiger partial charge in [-0.3, -0.25) is 5.10 Å². The monoisotopic (exact) mass is 260 g/mol. The lowest BCUT2D eigenvalue weighted by Gasteiger charge is -2.08. The molecule has 0 aromatic carbocycles. The van der Waals surface area contributed by atoms with E-state index in [1.807, 2.05) is 18.3 Å². The molecule has 0 fully saturated rings. The van der Waals surface area contributed by atoms with E-state index in [0.717, 1.165) is 22.2 Å². The minimum atomic E-state index is 0.360. The van der Waals surface area contributed by atoms with Crippen LogP contribution in [0.5, 0.6) is 0 Å². The first kappa shape index (κ1) is 11.3. The highest BCUT2D eigenvalue weighted by molar-refractivity contribution is 6.30. The molecule has 0 saturated carbocycles. The second kappa shape index (κ2) is 4.14. The van der Waals surface area contributed by atoms with Gasteiger partial charge in [-0.25, -0.2) is 4.98 Å². The first-order valence-electron chi connectivity index (χ1n) is 5.83. The Labute approximate surface area is 110 Å². The number of fused-ring (bicyclic) bond motifs is 1. The van der Waals surface area contributed by atoms with Crippen molar-refractivity contribution in [2.75, 3.05) is 0 Å². The van der Waals surface area contributed by atoms with Crippen LogP contribution < -0.4 is 0 Å². The molecule has 4 nitrogen and oxygen atoms in total. The largest absolute Gasteiger partial charge is 0.344 e. The van der Waals surface area contributed by atoms with Crippen molar-refractivity contribution in [2.24, 2.45) is 0 Å². The molecule has 92 valence electrons. The van der Waals surface area contributed by atoms with Gasteiger partial charge in [0.1, 0.15) is 5.15 Å². The molecule has 0 radical (unpaired) electrons. The molecule has 0 saturated heterocycles. The highest BCUT2D eigenvalue weighted by Gasteiger charge is 2.14. The summed E-state index contributed by atoms with van der Waals surface area (Å²) in [7, 11) is 0. The van der Waals surface area contributed by atoms with Crippen molar-refractivity contribution in [3.8, 4) is 11.3 Å². The smallest absolute Gasteiger partial charge is 0.131 e. The third-order valence-electron chi connectivity index (χ3n) is 3.02. The first-order chi connectivity index (χ1) is 8.66. The summed E-state index contributed by atoms with van der Waals surface area (Å²) in [6.45, 7) is 4.28. The van der Waals surface area contributed by atoms with Gasteiger partial charge < -0.3 is 4.57 Å². The Morgan fingerprint density at radius 3 is 2.89 bits per heavy atom. The number of rotatable bonds is 2. The van der Waals surface area contributed by atoms with Crippen molar-refractivity contribution in [1.29, 1.82) is 0 Å². The Bertz CT molecular complexity index is 682. The van der Waals surface area contributed by atoms with Gasteiger partial charge >= 0.3 is 0 Å². The zero-order valence-electron chi connectivity index (χ0n) is 10.2. The number of hydrogen-bond donors (Lipinski definition) is 1. The van der Waals surface area contributed by atoms with E-state index in [1.54, 1.807) is 6.20 Å². The number of H-pyrrole nitrogens is 1. The molecule has 3 heterocycles. The minimum absolute atomic E-state index is 0.360. The predicted octanol–water partition coefficient (Wildman–Crippen LogP) is 3.66. The van der Waals surface area contributed by atoms with Crippen LogP contribution in [0.15, 0.2) is 30.7 Å². The fourth-order valence-corrected chi connectivity index (χ4v) is 2.31. The van der Waals surface area contributed by atoms with Crippen LogP contribution in [-0.4, -0.2) is 19.7 Å². The topological polar surface area (TPSA) is 46.5 Å². The van der Waals surface area contributed by atoms with Crippen molar-refractivity contribution in [3.05, 3.63) is 35.9 Å². The molecule has 0 amide bonds. The summed E-state index contributed by atoms with van der Waals surface area (Å²) in [6.07, 6.45) is 5.72. The minimum Gasteiger partial charge on any atom is -0.344 e. The summed E-state index contributed by atoms with van der Waals surface area (Å²) in [4.78, 5) is 4.16. The quantitative estimate of drug-likeness (QED) is 0.715. The fourth-order valence-electron chi connectivity index (χ4n) is 2.16. The molecular weight excluding hydrogens is 248 g/mol. The van der Waals surface area contributed by atoms with Crippen molar-refractivity contribution < 1.29 is 0 Å². The van der Waals surface area contributed by atoms with E-state index in [1.165, 1.54) is 0 Å². The first-order valence-corrected chi connectivity index (χ1v) is 6.21. The van der Waals surface area contributed by atoms with Crippen LogP contribution in [-0.2, 0) is 0 Å². The number of nitrogens with zero attached hydrogens (tertiary/aromatic N) is 3. The molecule has 0 aliphatic rings. The molecule has 1 N–H and O–H groups in total. The molecule has 3 rings (SSSR count). The molecule has 0 bridgehead atoms. The van der Waals surface area contributed by atoms with Crippen LogP contribution in [0, 0.1) is 0 Å². The van der Waals surface area contributed by atoms with E-state index >= 15 is 0 Å². The molecule has 3 aromatic rings. The van der Waals surface area contributed by atoms with Crippen molar-refractivity contribution in [1.82, 2.24) is 19.7 Å². The molecule has 18 heavy (non-hydrogen) atoms. The Hall–Kier alpha value is -1.81. The van der Waals surface area contributed by atoms with Crippen LogP contribution in [0.3, 0.4) is 0 Å². The van der Waals surface area contributed by atoms with Crippen LogP contribution in [0.2, 0.25) is 5.15 Å². The zero-order chi connectivity index (χ0) is 12.7. The Morgan fingerprint density at radius 1 is 1.39 bits per heavy atom. The summed E-state index contributed by atoms with van der Waals surface area (Å²) in [5.41, 5.74) is 3.08. The van der Waals surface area contributed by atoms with E-state index in [2.05, 4.69) is 39.8 Å². The summed E-state index contributed by atoms with van der Waals surface area (Å²) in [5.74, 6) is 0. The van der Waals surface area contributed by atoms with Gasteiger partial charge in [0.25, 0.3) is 0 Å². The van der Waals surface area contributed by atoms with Gasteiger partial charge in [0, 0.05) is 35.6 Å². The Morgan fingerprint density at radius 2 is 2.22 bits per heavy atom. The van der Waals surface area contributed by atoms with Crippen LogP contribution in [0.25, 0.3) is 22.2 Å². The van der Waals surface area contributed by atoms with Gasteiger partial charge in [0.15, 0.2) is 0 Å². The summed E-state index contributed by atoms with van der Waals surface area (Å²) in [6, 6.07) is 4.21. The third-order valence-corrected chi connectivity index (χ3v) is 3.23. The van der Waals surface area contributed by atoms with Crippen LogP contribution in [0.1, 0.15) is 19.9 Å². The summed E-state index contributed by atoms with van der Waals surface area (Å²) in [5, 5.41) is 8.65. The molecule has 0 unspecified atom stereocenters. The highest BCUT2D eigenvalue weighted by Crippen LogP contribution is 2.31. The number of nitrogens with one attached hydrogen (secondary N) is 1. The molecule has 0 aliphatic carbocycles. The van der Waals surface area contributed by atoms with E-state index in [9.17, 15) is 0 Å². The highest BCUT2D eigenvalue weighted by atomic mass is 35.5. The number of hydrogen-bond acceptors (Lipinski definition) is 2. The van der Waals surface area contributed by atoms with Gasteiger partial charge in [-0.15, -0.1) is 0 Å². The number of aromatic amines is 1. The standard InChI is InChI=1S/C13H13ClN4/c1-8(2)18-7-10(11-3-4-16-17-11)9-6-15-13(14)5-12(9)18/h3-8H,1-2H3,(H,16,17). The van der Waals surface area contributed by atoms with Crippen molar-refractivity contribution >= 4 is 22.5 Å². The van der Waals surface area contributed by atoms with E-state index < -0.39 is 0 Å². The molecule has 3 aromatic heterocycles. The van der Waals surface area contributed by atoms with Crippen molar-refractivity contribution in [2.45, 2.75) is 19.9 Å². The Kier molecular flexibility index (Phi) is 2.59. The lowest BCUT2D eigenvalue weighted by molar-refractivity contribution is 0.623. The number of pyridine rings is 1. The summed E-state index contributed by atoms with van der Waals surface area (Å²) >= 11 is 5.98. The number of aromatic nitrogens is 4. The zero-order valence-corrected chi connectivity index (χ0v) is 10.9. The summed E-state index contributed by atoms with van der Waals surface area (Å²) < 4.78 is 2.19.